The van der Waals surface area contributed by atoms with Crippen molar-refractivity contribution < 1.29 is 13.6 Å². The Morgan fingerprint density at radius 2 is 1.58 bits per heavy atom. The van der Waals surface area contributed by atoms with Crippen molar-refractivity contribution in [1.29, 1.82) is 5.26 Å². The Morgan fingerprint density at radius 1 is 1.03 bits per heavy atom. The van der Waals surface area contributed by atoms with Gasteiger partial charge in [-0.15, -0.1) is 0 Å². The van der Waals surface area contributed by atoms with Gasteiger partial charge in [0.1, 0.15) is 23.5 Å². The number of amides is 1. The van der Waals surface area contributed by atoms with E-state index in [1.807, 2.05) is 23.3 Å². The maximum atomic E-state index is 13.2. The number of benzene rings is 2. The molecule has 0 atom stereocenters. The first-order valence-corrected chi connectivity index (χ1v) is 9.85. The molecule has 3 rings (SSSR count). The molecule has 0 fully saturated rings. The highest BCUT2D eigenvalue weighted by atomic mass is 19.1. The van der Waals surface area contributed by atoms with Crippen LogP contribution in [-0.4, -0.2) is 29.0 Å². The molecular formula is C24H24F2N4O. The van der Waals surface area contributed by atoms with Gasteiger partial charge >= 0.3 is 0 Å². The average molecular weight is 422 g/mol. The van der Waals surface area contributed by atoms with Crippen LogP contribution in [0.5, 0.6) is 0 Å². The van der Waals surface area contributed by atoms with E-state index in [2.05, 4.69) is 11.4 Å². The number of hydrogen-bond acceptors (Lipinski definition) is 3. The van der Waals surface area contributed by atoms with Crippen molar-refractivity contribution in [3.63, 3.8) is 0 Å². The zero-order valence-electron chi connectivity index (χ0n) is 17.7. The summed E-state index contributed by atoms with van der Waals surface area (Å²) in [5.41, 5.74) is 3.80. The number of nitrogens with one attached hydrogen (secondary N) is 1. The lowest BCUT2D eigenvalue weighted by Crippen LogP contribution is -2.30. The van der Waals surface area contributed by atoms with Gasteiger partial charge in [0.25, 0.3) is 0 Å². The number of nitrogens with zero attached hydrogens (tertiary/aromatic N) is 3. The summed E-state index contributed by atoms with van der Waals surface area (Å²) in [6.07, 6.45) is 0. The molecule has 7 heteroatoms. The van der Waals surface area contributed by atoms with Gasteiger partial charge in [0.05, 0.1) is 12.1 Å². The average Bonchev–Trinajstić information content (AvgIpc) is 2.95. The monoisotopic (exact) mass is 422 g/mol. The number of likely N-dealkylation sites (N-methyl/N-ethyl adjacent to an activating group) is 1. The number of hydrogen-bond donors (Lipinski definition) is 1. The maximum absolute atomic E-state index is 13.2. The van der Waals surface area contributed by atoms with E-state index in [-0.39, 0.29) is 24.1 Å². The summed E-state index contributed by atoms with van der Waals surface area (Å²) < 4.78 is 28.2. The third kappa shape index (κ3) is 5.36. The van der Waals surface area contributed by atoms with Gasteiger partial charge < -0.3 is 9.88 Å². The number of carbonyl (C=O) groups excluding carboxylic acids is 1. The second-order valence-corrected chi connectivity index (χ2v) is 7.61. The van der Waals surface area contributed by atoms with Crippen LogP contribution < -0.4 is 5.32 Å². The molecule has 0 radical (unpaired) electrons. The summed E-state index contributed by atoms with van der Waals surface area (Å²) in [4.78, 5) is 14.5. The van der Waals surface area contributed by atoms with Gasteiger partial charge in [-0.2, -0.15) is 5.26 Å². The van der Waals surface area contributed by atoms with E-state index in [0.717, 1.165) is 22.4 Å². The van der Waals surface area contributed by atoms with Crippen LogP contribution in [0.25, 0.3) is 0 Å². The predicted molar refractivity (Wildman–Crippen MR) is 115 cm³/mol. The number of halogens is 2. The highest BCUT2D eigenvalue weighted by Gasteiger charge is 2.20. The second-order valence-electron chi connectivity index (χ2n) is 7.61. The number of rotatable bonds is 7. The van der Waals surface area contributed by atoms with Crippen LogP contribution >= 0.6 is 0 Å². The van der Waals surface area contributed by atoms with E-state index in [4.69, 9.17) is 0 Å². The molecule has 0 aliphatic rings. The van der Waals surface area contributed by atoms with Crippen molar-refractivity contribution in [2.75, 3.05) is 18.9 Å². The quantitative estimate of drug-likeness (QED) is 0.615. The van der Waals surface area contributed by atoms with E-state index >= 15 is 0 Å². The third-order valence-electron chi connectivity index (χ3n) is 5.23. The Morgan fingerprint density at radius 3 is 2.13 bits per heavy atom. The highest BCUT2D eigenvalue weighted by Crippen LogP contribution is 2.27. The normalized spacial score (nSPS) is 10.9. The molecule has 1 N–H and O–H groups in total. The largest absolute Gasteiger partial charge is 0.326 e. The highest BCUT2D eigenvalue weighted by molar-refractivity contribution is 5.93. The summed E-state index contributed by atoms with van der Waals surface area (Å²) in [6.45, 7) is 4.70. The van der Waals surface area contributed by atoms with Crippen LogP contribution in [0.4, 0.5) is 14.6 Å². The fraction of sp³-hybridized carbons (Fsp3) is 0.250. The lowest BCUT2D eigenvalue weighted by molar-refractivity contribution is -0.117. The number of aromatic nitrogens is 1. The van der Waals surface area contributed by atoms with Crippen molar-refractivity contribution in [2.24, 2.45) is 0 Å². The van der Waals surface area contributed by atoms with Crippen molar-refractivity contribution in [3.05, 3.63) is 88.1 Å². The minimum atomic E-state index is -0.320. The molecule has 0 unspecified atom stereocenters. The Labute approximate surface area is 180 Å². The Kier molecular flexibility index (Phi) is 6.83. The fourth-order valence-corrected chi connectivity index (χ4v) is 3.47. The molecule has 0 spiro atoms. The standard InChI is InChI=1S/C24H24F2N4O/c1-16-17(2)30(14-19-6-10-21(26)11-7-19)24(22(16)12-27)28-23(31)15-29(3)13-18-4-8-20(25)9-5-18/h4-11H,13-15H2,1-3H3,(H,28,31). The van der Waals surface area contributed by atoms with Crippen LogP contribution in [0.2, 0.25) is 0 Å². The molecule has 0 aliphatic heterocycles. The molecule has 31 heavy (non-hydrogen) atoms. The van der Waals surface area contributed by atoms with Gasteiger partial charge in [-0.3, -0.25) is 9.69 Å². The summed E-state index contributed by atoms with van der Waals surface area (Å²) >= 11 is 0. The van der Waals surface area contributed by atoms with Crippen molar-refractivity contribution in [3.8, 4) is 6.07 Å². The molecule has 5 nitrogen and oxygen atoms in total. The number of carbonyl (C=O) groups is 1. The minimum absolute atomic E-state index is 0.0993. The van der Waals surface area contributed by atoms with Gasteiger partial charge in [0.2, 0.25) is 5.91 Å². The fourth-order valence-electron chi connectivity index (χ4n) is 3.47. The van der Waals surface area contributed by atoms with Gasteiger partial charge in [-0.25, -0.2) is 8.78 Å². The first-order chi connectivity index (χ1) is 14.8. The molecule has 1 aromatic heterocycles. The molecule has 3 aromatic rings. The SMILES string of the molecule is Cc1c(C#N)c(NC(=O)CN(C)Cc2ccc(F)cc2)n(Cc2ccc(F)cc2)c1C. The second kappa shape index (κ2) is 9.54. The topological polar surface area (TPSA) is 61.1 Å². The molecule has 1 amide bonds. The van der Waals surface area contributed by atoms with Gasteiger partial charge in [0, 0.05) is 18.8 Å². The van der Waals surface area contributed by atoms with Crippen molar-refractivity contribution >= 4 is 11.7 Å². The molecular weight excluding hydrogens is 398 g/mol. The minimum Gasteiger partial charge on any atom is -0.326 e. The summed E-state index contributed by atoms with van der Waals surface area (Å²) in [6, 6.07) is 14.4. The molecule has 2 aromatic carbocycles. The zero-order chi connectivity index (χ0) is 22.5. The van der Waals surface area contributed by atoms with Gasteiger partial charge in [0.15, 0.2) is 0 Å². The maximum Gasteiger partial charge on any atom is 0.239 e. The Hall–Kier alpha value is -3.50. The van der Waals surface area contributed by atoms with E-state index in [1.165, 1.54) is 24.3 Å². The van der Waals surface area contributed by atoms with Crippen molar-refractivity contribution in [1.82, 2.24) is 9.47 Å². The van der Waals surface area contributed by atoms with Crippen LogP contribution in [0.15, 0.2) is 48.5 Å². The summed E-state index contributed by atoms with van der Waals surface area (Å²) in [7, 11) is 1.79. The van der Waals surface area contributed by atoms with Crippen LogP contribution in [0.3, 0.4) is 0 Å². The summed E-state index contributed by atoms with van der Waals surface area (Å²) in [5.74, 6) is -0.457. The van der Waals surface area contributed by atoms with Crippen LogP contribution in [-0.2, 0) is 17.9 Å². The molecule has 0 saturated heterocycles. The molecule has 1 heterocycles. The first-order valence-electron chi connectivity index (χ1n) is 9.85. The lowest BCUT2D eigenvalue weighted by Gasteiger charge is -2.18. The Balaban J connectivity index is 1.76. The van der Waals surface area contributed by atoms with Gasteiger partial charge in [-0.1, -0.05) is 24.3 Å². The number of nitriles is 1. The molecule has 0 aliphatic carbocycles. The molecule has 160 valence electrons. The third-order valence-corrected chi connectivity index (χ3v) is 5.23. The van der Waals surface area contributed by atoms with Crippen molar-refractivity contribution in [2.45, 2.75) is 26.9 Å². The van der Waals surface area contributed by atoms with E-state index < -0.39 is 0 Å². The molecule has 0 saturated carbocycles. The smallest absolute Gasteiger partial charge is 0.239 e. The van der Waals surface area contributed by atoms with Crippen LogP contribution in [0, 0.1) is 36.8 Å². The summed E-state index contributed by atoms with van der Waals surface area (Å²) in [5, 5.41) is 12.5. The van der Waals surface area contributed by atoms with Crippen LogP contribution in [0.1, 0.15) is 27.9 Å². The first kappa shape index (κ1) is 22.2. The zero-order valence-corrected chi connectivity index (χ0v) is 17.7. The lowest BCUT2D eigenvalue weighted by atomic mass is 10.2. The number of anilines is 1. The van der Waals surface area contributed by atoms with Gasteiger partial charge in [-0.05, 0) is 61.9 Å². The molecule has 0 bridgehead atoms. The Bertz CT molecular complexity index is 1110. The van der Waals surface area contributed by atoms with E-state index in [0.29, 0.717) is 24.5 Å². The predicted octanol–water partition coefficient (Wildman–Crippen LogP) is 4.37. The van der Waals surface area contributed by atoms with E-state index in [9.17, 15) is 18.8 Å². The van der Waals surface area contributed by atoms with E-state index in [1.54, 1.807) is 31.3 Å².